The van der Waals surface area contributed by atoms with Crippen LogP contribution in [-0.2, 0) is 11.4 Å². The number of ether oxygens (including phenoxy) is 2. The van der Waals surface area contributed by atoms with Crippen molar-refractivity contribution in [3.63, 3.8) is 0 Å². The minimum absolute atomic E-state index is 0.0379. The van der Waals surface area contributed by atoms with Gasteiger partial charge in [-0.15, -0.1) is 0 Å². The van der Waals surface area contributed by atoms with Gasteiger partial charge in [0.05, 0.1) is 5.56 Å². The number of carbonyl (C=O) groups excluding carboxylic acids is 1. The van der Waals surface area contributed by atoms with Crippen molar-refractivity contribution in [2.24, 2.45) is 0 Å². The van der Waals surface area contributed by atoms with Crippen molar-refractivity contribution in [3.05, 3.63) is 81.5 Å². The van der Waals surface area contributed by atoms with Crippen molar-refractivity contribution in [2.75, 3.05) is 0 Å². The molecular weight excluding hydrogens is 388 g/mol. The van der Waals surface area contributed by atoms with Crippen LogP contribution in [-0.4, -0.2) is 17.4 Å². The molecule has 0 aliphatic carbocycles. The average Bonchev–Trinajstić information content (AvgIpc) is 3.24. The molecule has 1 N–H and O–H groups in total. The summed E-state index contributed by atoms with van der Waals surface area (Å²) in [4.78, 5) is 22.6. The highest BCUT2D eigenvalue weighted by Gasteiger charge is 2.19. The Balaban J connectivity index is 1.84. The van der Waals surface area contributed by atoms with Gasteiger partial charge in [0.1, 0.15) is 24.2 Å². The highest BCUT2D eigenvalue weighted by atomic mass is 32.1. The summed E-state index contributed by atoms with van der Waals surface area (Å²) >= 11 is 1.60. The summed E-state index contributed by atoms with van der Waals surface area (Å²) in [5, 5.41) is 13.1. The maximum Gasteiger partial charge on any atom is 0.303 e. The maximum atomic E-state index is 11.5. The predicted octanol–water partition coefficient (Wildman–Crippen LogP) is 5.43. The summed E-state index contributed by atoms with van der Waals surface area (Å²) in [5.41, 5.74) is 3.36. The molecule has 0 radical (unpaired) electrons. The van der Waals surface area contributed by atoms with E-state index in [0.717, 1.165) is 23.0 Å². The second kappa shape index (κ2) is 9.89. The van der Waals surface area contributed by atoms with Crippen LogP contribution in [0.4, 0.5) is 0 Å². The largest absolute Gasteiger partial charge is 0.489 e. The lowest BCUT2D eigenvalue weighted by Crippen LogP contribution is -2.12. The monoisotopic (exact) mass is 410 g/mol. The van der Waals surface area contributed by atoms with Crippen LogP contribution in [0.2, 0.25) is 0 Å². The van der Waals surface area contributed by atoms with E-state index in [1.807, 2.05) is 48.0 Å². The molecule has 0 fully saturated rings. The third-order valence-electron chi connectivity index (χ3n) is 4.52. The van der Waals surface area contributed by atoms with Crippen LogP contribution in [0.3, 0.4) is 0 Å². The fourth-order valence-corrected chi connectivity index (χ4v) is 3.63. The van der Waals surface area contributed by atoms with Gasteiger partial charge < -0.3 is 14.6 Å². The topological polar surface area (TPSA) is 72.8 Å². The van der Waals surface area contributed by atoms with Gasteiger partial charge in [0.25, 0.3) is 0 Å². The van der Waals surface area contributed by atoms with E-state index in [-0.39, 0.29) is 6.42 Å². The number of aryl methyl sites for hydroxylation is 1. The molecule has 0 saturated heterocycles. The van der Waals surface area contributed by atoms with E-state index in [1.54, 1.807) is 29.5 Å². The first-order valence-electron chi connectivity index (χ1n) is 9.24. The molecule has 0 amide bonds. The van der Waals surface area contributed by atoms with E-state index < -0.39 is 12.1 Å². The van der Waals surface area contributed by atoms with Gasteiger partial charge in [0.2, 0.25) is 0 Å². The van der Waals surface area contributed by atoms with Crippen molar-refractivity contribution >= 4 is 23.6 Å². The van der Waals surface area contributed by atoms with Crippen LogP contribution in [0.5, 0.6) is 11.5 Å². The number of thiophene rings is 1. The Kier molecular flexibility index (Phi) is 7.03. The fourth-order valence-electron chi connectivity index (χ4n) is 2.98. The first-order chi connectivity index (χ1) is 14.1. The van der Waals surface area contributed by atoms with Gasteiger partial charge in [-0.1, -0.05) is 24.3 Å². The van der Waals surface area contributed by atoms with E-state index in [9.17, 15) is 9.59 Å². The van der Waals surface area contributed by atoms with Crippen LogP contribution in [0.25, 0.3) is 0 Å². The van der Waals surface area contributed by atoms with Gasteiger partial charge in [-0.2, -0.15) is 11.3 Å². The molecule has 6 heteroatoms. The Bertz CT molecular complexity index is 965. The van der Waals surface area contributed by atoms with E-state index >= 15 is 0 Å². The molecular formula is C23H22O5S. The molecule has 150 valence electrons. The van der Waals surface area contributed by atoms with Gasteiger partial charge in [0, 0.05) is 12.5 Å². The fraction of sp³-hybridized carbons (Fsp3) is 0.217. The van der Waals surface area contributed by atoms with Gasteiger partial charge in [-0.3, -0.25) is 9.59 Å². The Labute approximate surface area is 173 Å². The standard InChI is InChI=1S/C23H22O5S/c1-16-4-2-3-5-20(16)21(8-9-23(25)26)28-22-12-19(7-6-18(22)13-24)27-14-17-10-11-29-15-17/h2-7,10-13,15,21H,8-9,14H2,1H3,(H,25,26). The van der Waals surface area contributed by atoms with E-state index in [0.29, 0.717) is 30.1 Å². The molecule has 0 saturated carbocycles. The van der Waals surface area contributed by atoms with E-state index in [2.05, 4.69) is 0 Å². The summed E-state index contributed by atoms with van der Waals surface area (Å²) in [6.45, 7) is 2.37. The normalized spacial score (nSPS) is 11.6. The lowest BCUT2D eigenvalue weighted by atomic mass is 9.99. The summed E-state index contributed by atoms with van der Waals surface area (Å²) in [6.07, 6.45) is 0.491. The van der Waals surface area contributed by atoms with Crippen LogP contribution in [0.15, 0.2) is 59.3 Å². The Morgan fingerprint density at radius 3 is 2.72 bits per heavy atom. The molecule has 0 aliphatic heterocycles. The third-order valence-corrected chi connectivity index (χ3v) is 5.25. The van der Waals surface area contributed by atoms with Crippen molar-refractivity contribution in [1.82, 2.24) is 0 Å². The molecule has 3 rings (SSSR count). The Morgan fingerprint density at radius 2 is 2.03 bits per heavy atom. The summed E-state index contributed by atoms with van der Waals surface area (Å²) in [5.74, 6) is 0.0654. The summed E-state index contributed by atoms with van der Waals surface area (Å²) < 4.78 is 12.0. The number of carboxylic acids is 1. The SMILES string of the molecule is Cc1ccccc1C(CCC(=O)O)Oc1cc(OCc2ccsc2)ccc1C=O. The molecule has 0 spiro atoms. The van der Waals surface area contributed by atoms with Crippen molar-refractivity contribution in [3.8, 4) is 11.5 Å². The highest BCUT2D eigenvalue weighted by molar-refractivity contribution is 7.07. The van der Waals surface area contributed by atoms with Gasteiger partial charge in [-0.25, -0.2) is 0 Å². The van der Waals surface area contributed by atoms with Crippen molar-refractivity contribution in [2.45, 2.75) is 32.5 Å². The van der Waals surface area contributed by atoms with Gasteiger partial charge in [0.15, 0.2) is 6.29 Å². The number of rotatable bonds is 10. The van der Waals surface area contributed by atoms with E-state index in [1.165, 1.54) is 0 Å². The molecule has 2 aromatic carbocycles. The number of aliphatic carboxylic acids is 1. The summed E-state index contributed by atoms with van der Waals surface area (Å²) in [7, 11) is 0. The van der Waals surface area contributed by atoms with E-state index in [4.69, 9.17) is 14.6 Å². The Hall–Kier alpha value is -3.12. The van der Waals surface area contributed by atoms with Crippen LogP contribution in [0, 0.1) is 6.92 Å². The minimum atomic E-state index is -0.893. The summed E-state index contributed by atoms with van der Waals surface area (Å²) in [6, 6.07) is 14.7. The Morgan fingerprint density at radius 1 is 1.21 bits per heavy atom. The lowest BCUT2D eigenvalue weighted by Gasteiger charge is -2.22. The molecule has 1 unspecified atom stereocenters. The first kappa shape index (κ1) is 20.6. The molecule has 1 atom stereocenters. The van der Waals surface area contributed by atoms with Crippen molar-refractivity contribution in [1.29, 1.82) is 0 Å². The minimum Gasteiger partial charge on any atom is -0.489 e. The second-order valence-corrected chi connectivity index (χ2v) is 7.41. The first-order valence-corrected chi connectivity index (χ1v) is 10.2. The highest BCUT2D eigenvalue weighted by Crippen LogP contribution is 2.32. The number of hydrogen-bond donors (Lipinski definition) is 1. The lowest BCUT2D eigenvalue weighted by molar-refractivity contribution is -0.137. The average molecular weight is 410 g/mol. The molecule has 0 bridgehead atoms. The van der Waals surface area contributed by atoms with Crippen LogP contribution < -0.4 is 9.47 Å². The zero-order valence-corrected chi connectivity index (χ0v) is 16.9. The quantitative estimate of drug-likeness (QED) is 0.451. The van der Waals surface area contributed by atoms with Gasteiger partial charge >= 0.3 is 5.97 Å². The number of benzene rings is 2. The van der Waals surface area contributed by atoms with Crippen molar-refractivity contribution < 1.29 is 24.2 Å². The molecule has 29 heavy (non-hydrogen) atoms. The third kappa shape index (κ3) is 5.68. The maximum absolute atomic E-state index is 11.5. The van der Waals surface area contributed by atoms with Gasteiger partial charge in [-0.05, 0) is 59.0 Å². The number of carbonyl (C=O) groups is 2. The van der Waals surface area contributed by atoms with Crippen LogP contribution >= 0.6 is 11.3 Å². The predicted molar refractivity (Wildman–Crippen MR) is 112 cm³/mol. The second-order valence-electron chi connectivity index (χ2n) is 6.63. The molecule has 0 aliphatic rings. The number of carboxylic acid groups (broad SMARTS) is 1. The molecule has 3 aromatic rings. The smallest absolute Gasteiger partial charge is 0.303 e. The molecule has 1 heterocycles. The molecule has 5 nitrogen and oxygen atoms in total. The zero-order valence-electron chi connectivity index (χ0n) is 16.0. The number of hydrogen-bond acceptors (Lipinski definition) is 5. The zero-order chi connectivity index (χ0) is 20.6. The molecule has 1 aromatic heterocycles. The van der Waals surface area contributed by atoms with Crippen LogP contribution in [0.1, 0.15) is 46.0 Å². The number of aldehydes is 1.